The first kappa shape index (κ1) is 46.9. The highest BCUT2D eigenvalue weighted by atomic mass is 16.7. The van der Waals surface area contributed by atoms with E-state index in [0.717, 1.165) is 89.9 Å². The topological polar surface area (TPSA) is 135 Å². The van der Waals surface area contributed by atoms with Gasteiger partial charge in [-0.1, -0.05) is 120 Å². The minimum Gasteiger partial charge on any atom is -0.457 e. The maximum atomic E-state index is 12.7. The van der Waals surface area contributed by atoms with E-state index in [1.807, 2.05) is 0 Å². The molecule has 6 unspecified atom stereocenters. The van der Waals surface area contributed by atoms with Gasteiger partial charge in [0.15, 0.2) is 6.29 Å². The summed E-state index contributed by atoms with van der Waals surface area (Å²) in [4.78, 5) is 12.7. The molecule has 4 N–H and O–H groups in total. The maximum absolute atomic E-state index is 12.7. The van der Waals surface area contributed by atoms with Crippen LogP contribution in [0.5, 0.6) is 0 Å². The number of aliphatic hydroxyl groups excluding tert-OH is 4. The third-order valence-electron chi connectivity index (χ3n) is 8.65. The van der Waals surface area contributed by atoms with Crippen LogP contribution >= 0.6 is 0 Å². The van der Waals surface area contributed by atoms with Crippen LogP contribution in [0.1, 0.15) is 136 Å². The number of hydrogen-bond donors (Lipinski definition) is 4. The molecule has 9 heteroatoms. The van der Waals surface area contributed by atoms with Crippen molar-refractivity contribution in [2.24, 2.45) is 0 Å². The number of allylic oxidation sites excluding steroid dienone is 10. The zero-order chi connectivity index (χ0) is 37.2. The van der Waals surface area contributed by atoms with Gasteiger partial charge in [-0.05, 0) is 70.6 Å². The fourth-order valence-electron chi connectivity index (χ4n) is 5.54. The Hall–Kier alpha value is -2.11. The highest BCUT2D eigenvalue weighted by Gasteiger charge is 2.44. The molecule has 0 saturated carbocycles. The van der Waals surface area contributed by atoms with Gasteiger partial charge in [0.1, 0.15) is 30.5 Å². The Bertz CT molecular complexity index is 958. The van der Waals surface area contributed by atoms with E-state index in [-0.39, 0.29) is 25.6 Å². The zero-order valence-corrected chi connectivity index (χ0v) is 31.8. The Kier molecular flexibility index (Phi) is 31.0. The van der Waals surface area contributed by atoms with Crippen LogP contribution in [0.4, 0.5) is 0 Å². The molecule has 1 aliphatic heterocycles. The fourth-order valence-corrected chi connectivity index (χ4v) is 5.54. The lowest BCUT2D eigenvalue weighted by atomic mass is 9.99. The summed E-state index contributed by atoms with van der Waals surface area (Å²) in [6.07, 6.45) is 33.9. The molecule has 0 aromatic rings. The summed E-state index contributed by atoms with van der Waals surface area (Å²) in [6, 6.07) is 0. The minimum atomic E-state index is -1.54. The largest absolute Gasteiger partial charge is 0.457 e. The summed E-state index contributed by atoms with van der Waals surface area (Å²) in [5, 5.41) is 40.0. The summed E-state index contributed by atoms with van der Waals surface area (Å²) >= 11 is 0. The van der Waals surface area contributed by atoms with Crippen LogP contribution in [-0.2, 0) is 23.7 Å². The molecular formula is C42H72O9. The number of esters is 1. The Labute approximate surface area is 309 Å². The maximum Gasteiger partial charge on any atom is 0.306 e. The van der Waals surface area contributed by atoms with Crippen molar-refractivity contribution in [1.29, 1.82) is 0 Å². The average molecular weight is 721 g/mol. The van der Waals surface area contributed by atoms with Crippen LogP contribution in [0.3, 0.4) is 0 Å². The minimum absolute atomic E-state index is 0.127. The van der Waals surface area contributed by atoms with Crippen LogP contribution in [-0.4, -0.2) is 89.6 Å². The second-order valence-electron chi connectivity index (χ2n) is 13.3. The van der Waals surface area contributed by atoms with Gasteiger partial charge in [0, 0.05) is 13.0 Å². The number of carbonyl (C=O) groups excluding carboxylic acids is 1. The molecule has 294 valence electrons. The predicted molar refractivity (Wildman–Crippen MR) is 205 cm³/mol. The van der Waals surface area contributed by atoms with Gasteiger partial charge in [0.2, 0.25) is 0 Å². The smallest absolute Gasteiger partial charge is 0.306 e. The number of aliphatic hydroxyl groups is 4. The van der Waals surface area contributed by atoms with Crippen molar-refractivity contribution >= 4 is 5.97 Å². The van der Waals surface area contributed by atoms with E-state index in [9.17, 15) is 25.2 Å². The van der Waals surface area contributed by atoms with E-state index in [1.165, 1.54) is 25.7 Å². The Morgan fingerprint density at radius 2 is 1.20 bits per heavy atom. The van der Waals surface area contributed by atoms with E-state index in [1.54, 1.807) is 0 Å². The molecule has 51 heavy (non-hydrogen) atoms. The first-order valence-corrected chi connectivity index (χ1v) is 19.9. The van der Waals surface area contributed by atoms with Gasteiger partial charge in [-0.3, -0.25) is 4.79 Å². The molecule has 0 aliphatic carbocycles. The molecule has 1 saturated heterocycles. The van der Waals surface area contributed by atoms with E-state index < -0.39 is 43.4 Å². The van der Waals surface area contributed by atoms with Crippen LogP contribution < -0.4 is 0 Å². The SMILES string of the molecule is CC/C=C\C/C=C\C/C=C\C/C=C\CCCCCCC(=O)OC(COCCCCCCCC/C=C\CCC)COC1OC(CO)C(O)C(O)C1O. The summed E-state index contributed by atoms with van der Waals surface area (Å²) in [5.74, 6) is -0.343. The summed E-state index contributed by atoms with van der Waals surface area (Å²) < 4.78 is 22.7. The van der Waals surface area contributed by atoms with Gasteiger partial charge in [0.25, 0.3) is 0 Å². The molecule has 6 atom stereocenters. The van der Waals surface area contributed by atoms with Crippen LogP contribution in [0.15, 0.2) is 60.8 Å². The molecule has 0 amide bonds. The number of unbranched alkanes of at least 4 members (excludes halogenated alkanes) is 11. The van der Waals surface area contributed by atoms with Crippen LogP contribution in [0.2, 0.25) is 0 Å². The van der Waals surface area contributed by atoms with Crippen molar-refractivity contribution in [3.8, 4) is 0 Å². The lowest BCUT2D eigenvalue weighted by Crippen LogP contribution is -2.59. The van der Waals surface area contributed by atoms with Gasteiger partial charge in [-0.2, -0.15) is 0 Å². The molecule has 1 heterocycles. The molecule has 0 aromatic heterocycles. The first-order valence-electron chi connectivity index (χ1n) is 19.9. The lowest BCUT2D eigenvalue weighted by molar-refractivity contribution is -0.305. The monoisotopic (exact) mass is 721 g/mol. The summed E-state index contributed by atoms with van der Waals surface area (Å²) in [6.45, 7) is 4.32. The van der Waals surface area contributed by atoms with E-state index in [4.69, 9.17) is 18.9 Å². The highest BCUT2D eigenvalue weighted by molar-refractivity contribution is 5.69. The number of rotatable bonds is 32. The quantitative estimate of drug-likeness (QED) is 0.0310. The van der Waals surface area contributed by atoms with Crippen LogP contribution in [0.25, 0.3) is 0 Å². The molecular weight excluding hydrogens is 648 g/mol. The van der Waals surface area contributed by atoms with Gasteiger partial charge in [-0.15, -0.1) is 0 Å². The average Bonchev–Trinajstić information content (AvgIpc) is 3.13. The highest BCUT2D eigenvalue weighted by Crippen LogP contribution is 2.22. The third kappa shape index (κ3) is 25.5. The number of hydrogen-bond acceptors (Lipinski definition) is 9. The molecule has 1 fully saturated rings. The fraction of sp³-hybridized carbons (Fsp3) is 0.738. The van der Waals surface area contributed by atoms with E-state index in [2.05, 4.69) is 74.6 Å². The third-order valence-corrected chi connectivity index (χ3v) is 8.65. The standard InChI is InChI=1S/C42H72O9/c1-3-5-7-9-11-13-15-16-17-18-19-20-21-23-25-27-29-31-38(44)50-36(35-49-42-41(47)40(46)39(45)37(33-43)51-42)34-48-32-30-28-26-24-22-14-12-10-8-6-4-2/h5,7-8,10-11,13,16-17,19-20,36-37,39-43,45-47H,3-4,6,9,12,14-15,18,21-35H2,1-2H3/b7-5-,10-8-,13-11-,17-16-,20-19-. The normalized spacial score (nSPS) is 22.0. The number of carbonyl (C=O) groups is 1. The molecule has 0 spiro atoms. The van der Waals surface area contributed by atoms with Crippen molar-refractivity contribution in [1.82, 2.24) is 0 Å². The van der Waals surface area contributed by atoms with Gasteiger partial charge >= 0.3 is 5.97 Å². The second-order valence-corrected chi connectivity index (χ2v) is 13.3. The van der Waals surface area contributed by atoms with Gasteiger partial charge in [-0.25, -0.2) is 0 Å². The summed E-state index contributed by atoms with van der Waals surface area (Å²) in [7, 11) is 0. The Morgan fingerprint density at radius 3 is 1.82 bits per heavy atom. The molecule has 1 rings (SSSR count). The summed E-state index contributed by atoms with van der Waals surface area (Å²) in [5.41, 5.74) is 0. The van der Waals surface area contributed by atoms with Gasteiger partial charge in [0.05, 0.1) is 19.8 Å². The van der Waals surface area contributed by atoms with Gasteiger partial charge < -0.3 is 39.4 Å². The lowest BCUT2D eigenvalue weighted by Gasteiger charge is -2.39. The molecule has 0 bridgehead atoms. The van der Waals surface area contributed by atoms with Crippen molar-refractivity contribution in [3.05, 3.63) is 60.8 Å². The second kappa shape index (κ2) is 33.7. The van der Waals surface area contributed by atoms with Crippen molar-refractivity contribution < 1.29 is 44.2 Å². The zero-order valence-electron chi connectivity index (χ0n) is 31.8. The molecule has 0 radical (unpaired) electrons. The Balaban J connectivity index is 2.34. The van der Waals surface area contributed by atoms with Crippen molar-refractivity contribution in [3.63, 3.8) is 0 Å². The molecule has 1 aliphatic rings. The Morgan fingerprint density at radius 1 is 0.647 bits per heavy atom. The van der Waals surface area contributed by atoms with Crippen LogP contribution in [0, 0.1) is 0 Å². The molecule has 0 aromatic carbocycles. The molecule has 9 nitrogen and oxygen atoms in total. The van der Waals surface area contributed by atoms with Crippen molar-refractivity contribution in [2.45, 2.75) is 173 Å². The van der Waals surface area contributed by atoms with E-state index in [0.29, 0.717) is 6.61 Å². The van der Waals surface area contributed by atoms with E-state index >= 15 is 0 Å². The van der Waals surface area contributed by atoms with Crippen molar-refractivity contribution in [2.75, 3.05) is 26.4 Å². The number of ether oxygens (including phenoxy) is 4. The predicted octanol–water partition coefficient (Wildman–Crippen LogP) is 7.96. The first-order chi connectivity index (χ1) is 24.9.